The molecule has 0 aromatic carbocycles. The minimum absolute atomic E-state index is 0.0842. The summed E-state index contributed by atoms with van der Waals surface area (Å²) in [6, 6.07) is 3.19. The largest absolute Gasteiger partial charge is 0.367 e. The summed E-state index contributed by atoms with van der Waals surface area (Å²) in [6.07, 6.45) is 0.0577. The number of aliphatic hydroxyl groups excluding tert-OH is 1. The molecule has 0 aliphatic carbocycles. The Hall–Kier alpha value is -1.13. The van der Waals surface area contributed by atoms with Crippen molar-refractivity contribution in [2.45, 2.75) is 19.8 Å². The molecule has 0 saturated heterocycles. The number of rotatable bonds is 2. The Kier molecular flexibility index (Phi) is 2.62. The molecule has 4 heteroatoms. The van der Waals surface area contributed by atoms with Crippen molar-refractivity contribution in [2.24, 2.45) is 0 Å². The molecule has 0 bridgehead atoms. The van der Waals surface area contributed by atoms with Crippen molar-refractivity contribution in [1.29, 1.82) is 0 Å². The third-order valence-electron chi connectivity index (χ3n) is 1.51. The second-order valence-corrected chi connectivity index (χ2v) is 2.68. The lowest BCUT2D eigenvalue weighted by molar-refractivity contribution is -0.0519. The molecule has 1 aromatic heterocycles. The molecular formula is C8H11NO3. The summed E-state index contributed by atoms with van der Waals surface area (Å²) in [5, 5.41) is 17.2. The van der Waals surface area contributed by atoms with Gasteiger partial charge in [-0.1, -0.05) is 0 Å². The second kappa shape index (κ2) is 3.51. The van der Waals surface area contributed by atoms with Gasteiger partial charge < -0.3 is 14.8 Å². The molecule has 12 heavy (non-hydrogen) atoms. The third-order valence-corrected chi connectivity index (χ3v) is 1.51. The normalized spacial score (nSPS) is 10.7. The van der Waals surface area contributed by atoms with Crippen molar-refractivity contribution >= 4 is 0 Å². The lowest BCUT2D eigenvalue weighted by Crippen LogP contribution is -2.25. The maximum absolute atomic E-state index is 11.1. The van der Waals surface area contributed by atoms with Gasteiger partial charge in [0, 0.05) is 12.3 Å². The zero-order chi connectivity index (χ0) is 9.14. The van der Waals surface area contributed by atoms with E-state index >= 15 is 0 Å². The van der Waals surface area contributed by atoms with Crippen molar-refractivity contribution in [3.05, 3.63) is 34.2 Å². The van der Waals surface area contributed by atoms with E-state index in [2.05, 4.69) is 0 Å². The maximum atomic E-state index is 11.1. The van der Waals surface area contributed by atoms with Crippen LogP contribution in [0.25, 0.3) is 0 Å². The highest BCUT2D eigenvalue weighted by molar-refractivity contribution is 5.07. The number of nitrogens with zero attached hydrogens (tertiary/aromatic N) is 1. The summed E-state index contributed by atoms with van der Waals surface area (Å²) in [4.78, 5) is 11.1. The van der Waals surface area contributed by atoms with Crippen LogP contribution in [0.1, 0.15) is 5.56 Å². The SMILES string of the molecule is Cc1ccn(CC(O)O)c(=O)c1. The summed E-state index contributed by atoms with van der Waals surface area (Å²) in [7, 11) is 0. The summed E-state index contributed by atoms with van der Waals surface area (Å²) in [5.74, 6) is 0. The molecule has 4 nitrogen and oxygen atoms in total. The summed E-state index contributed by atoms with van der Waals surface area (Å²) >= 11 is 0. The molecule has 1 aromatic rings. The zero-order valence-corrected chi connectivity index (χ0v) is 6.77. The summed E-state index contributed by atoms with van der Waals surface area (Å²) in [5.41, 5.74) is 0.645. The van der Waals surface area contributed by atoms with E-state index < -0.39 is 6.29 Å². The molecule has 0 atom stereocenters. The summed E-state index contributed by atoms with van der Waals surface area (Å²) < 4.78 is 1.25. The molecule has 0 saturated carbocycles. The molecule has 66 valence electrons. The van der Waals surface area contributed by atoms with E-state index in [4.69, 9.17) is 10.2 Å². The molecule has 1 rings (SSSR count). The van der Waals surface area contributed by atoms with Crippen molar-refractivity contribution in [3.63, 3.8) is 0 Å². The van der Waals surface area contributed by atoms with Gasteiger partial charge in [0.1, 0.15) is 0 Å². The highest BCUT2D eigenvalue weighted by Gasteiger charge is 2.00. The van der Waals surface area contributed by atoms with Crippen LogP contribution in [0.5, 0.6) is 0 Å². The Morgan fingerprint density at radius 3 is 2.75 bits per heavy atom. The number of hydrogen-bond acceptors (Lipinski definition) is 3. The lowest BCUT2D eigenvalue weighted by Gasteiger charge is -2.06. The fourth-order valence-corrected chi connectivity index (χ4v) is 0.934. The molecule has 0 radical (unpaired) electrons. The van der Waals surface area contributed by atoms with Gasteiger partial charge in [-0.2, -0.15) is 0 Å². The number of hydrogen-bond donors (Lipinski definition) is 2. The maximum Gasteiger partial charge on any atom is 0.250 e. The van der Waals surface area contributed by atoms with Crippen LogP contribution < -0.4 is 5.56 Å². The van der Waals surface area contributed by atoms with Crippen LogP contribution in [0.15, 0.2) is 23.1 Å². The fourth-order valence-electron chi connectivity index (χ4n) is 0.934. The Morgan fingerprint density at radius 2 is 2.25 bits per heavy atom. The van der Waals surface area contributed by atoms with Crippen molar-refractivity contribution in [2.75, 3.05) is 0 Å². The van der Waals surface area contributed by atoms with E-state index in [-0.39, 0.29) is 12.1 Å². The predicted octanol–water partition coefficient (Wildman–Crippen LogP) is -0.533. The van der Waals surface area contributed by atoms with E-state index in [0.717, 1.165) is 5.56 Å². The first kappa shape index (κ1) is 8.96. The zero-order valence-electron chi connectivity index (χ0n) is 6.77. The first-order valence-electron chi connectivity index (χ1n) is 3.63. The number of aromatic nitrogens is 1. The van der Waals surface area contributed by atoms with Crippen LogP contribution in [0.3, 0.4) is 0 Å². The van der Waals surface area contributed by atoms with Crippen LogP contribution in [0.4, 0.5) is 0 Å². The average molecular weight is 169 g/mol. The number of aryl methyl sites for hydroxylation is 1. The molecule has 0 fully saturated rings. The molecule has 0 amide bonds. The van der Waals surface area contributed by atoms with Gasteiger partial charge >= 0.3 is 0 Å². The van der Waals surface area contributed by atoms with Gasteiger partial charge in [-0.3, -0.25) is 4.79 Å². The van der Waals surface area contributed by atoms with Crippen LogP contribution in [0.2, 0.25) is 0 Å². The minimum Gasteiger partial charge on any atom is -0.367 e. The van der Waals surface area contributed by atoms with Crippen LogP contribution in [0, 0.1) is 6.92 Å². The Bertz CT molecular complexity index is 316. The first-order valence-corrected chi connectivity index (χ1v) is 3.63. The Labute approximate surface area is 69.7 Å². The van der Waals surface area contributed by atoms with Crippen LogP contribution in [-0.2, 0) is 6.54 Å². The van der Waals surface area contributed by atoms with Gasteiger partial charge in [-0.05, 0) is 18.6 Å². The molecule has 2 N–H and O–H groups in total. The Morgan fingerprint density at radius 1 is 1.58 bits per heavy atom. The van der Waals surface area contributed by atoms with Gasteiger partial charge in [0.05, 0.1) is 6.54 Å². The molecule has 0 unspecified atom stereocenters. The third kappa shape index (κ3) is 2.18. The predicted molar refractivity (Wildman–Crippen MR) is 43.7 cm³/mol. The lowest BCUT2D eigenvalue weighted by atomic mass is 10.3. The first-order chi connectivity index (χ1) is 5.59. The van der Waals surface area contributed by atoms with E-state index in [1.54, 1.807) is 13.0 Å². The molecule has 0 aliphatic rings. The molecule has 0 aliphatic heterocycles. The van der Waals surface area contributed by atoms with Crippen molar-refractivity contribution in [3.8, 4) is 0 Å². The van der Waals surface area contributed by atoms with Crippen LogP contribution >= 0.6 is 0 Å². The quantitative estimate of drug-likeness (QED) is 0.585. The number of pyridine rings is 1. The topological polar surface area (TPSA) is 62.5 Å². The minimum atomic E-state index is -1.48. The van der Waals surface area contributed by atoms with E-state index in [9.17, 15) is 4.79 Å². The van der Waals surface area contributed by atoms with Crippen molar-refractivity contribution < 1.29 is 10.2 Å². The van der Waals surface area contributed by atoms with Crippen LogP contribution in [-0.4, -0.2) is 21.1 Å². The van der Waals surface area contributed by atoms with E-state index in [1.165, 1.54) is 16.8 Å². The highest BCUT2D eigenvalue weighted by Crippen LogP contribution is 1.91. The van der Waals surface area contributed by atoms with E-state index in [0.29, 0.717) is 0 Å². The van der Waals surface area contributed by atoms with Gasteiger partial charge in [0.15, 0.2) is 6.29 Å². The molecule has 1 heterocycles. The van der Waals surface area contributed by atoms with Gasteiger partial charge in [-0.25, -0.2) is 0 Å². The summed E-state index contributed by atoms with van der Waals surface area (Å²) in [6.45, 7) is 1.72. The van der Waals surface area contributed by atoms with E-state index in [1.807, 2.05) is 0 Å². The van der Waals surface area contributed by atoms with Gasteiger partial charge in [0.2, 0.25) is 0 Å². The fraction of sp³-hybridized carbons (Fsp3) is 0.375. The molecular weight excluding hydrogens is 158 g/mol. The average Bonchev–Trinajstić information content (AvgIpc) is 1.94. The Balaban J connectivity index is 2.94. The molecule has 0 spiro atoms. The number of aliphatic hydroxyl groups is 2. The standard InChI is InChI=1S/C8H11NO3/c1-6-2-3-9(5-8(11)12)7(10)4-6/h2-4,8,11-12H,5H2,1H3. The van der Waals surface area contributed by atoms with Gasteiger partial charge in [0.25, 0.3) is 5.56 Å². The van der Waals surface area contributed by atoms with Gasteiger partial charge in [-0.15, -0.1) is 0 Å². The second-order valence-electron chi connectivity index (χ2n) is 2.68. The van der Waals surface area contributed by atoms with Crippen molar-refractivity contribution in [1.82, 2.24) is 4.57 Å². The highest BCUT2D eigenvalue weighted by atomic mass is 16.5. The monoisotopic (exact) mass is 169 g/mol. The smallest absolute Gasteiger partial charge is 0.250 e.